The van der Waals surface area contributed by atoms with Crippen LogP contribution in [0.1, 0.15) is 12.8 Å². The molecule has 1 aliphatic rings. The molecule has 1 N–H and O–H groups in total. The van der Waals surface area contributed by atoms with Crippen molar-refractivity contribution in [2.24, 2.45) is 0 Å². The Morgan fingerprint density at radius 2 is 1.90 bits per heavy atom. The molecule has 0 unspecified atom stereocenters. The average Bonchev–Trinajstić information content (AvgIpc) is 2.15. The first kappa shape index (κ1) is 11.8. The molecule has 1 rings (SSSR count). The van der Waals surface area contributed by atoms with Crippen LogP contribution in [0.25, 0.3) is 0 Å². The van der Waals surface area contributed by atoms with Gasteiger partial charge in [-0.15, -0.1) is 12.6 Å². The molecule has 0 spiro atoms. The molecule has 0 saturated carbocycles. The molecule has 0 atom stereocenters. The summed E-state index contributed by atoms with van der Waals surface area (Å²) < 4.78 is 0.567. The Bertz CT molecular complexity index is 114. The zero-order valence-corrected chi connectivity index (χ0v) is 11.0. The number of nitrogens with one attached hydrogen (secondary N) is 1. The Balaban J connectivity index is 0.000000810. The van der Waals surface area contributed by atoms with E-state index in [4.69, 9.17) is 12.2 Å². The molecule has 5 heteroatoms. The van der Waals surface area contributed by atoms with Crippen molar-refractivity contribution in [2.45, 2.75) is 12.8 Å². The van der Waals surface area contributed by atoms with E-state index in [9.17, 15) is 0 Å². The standard InChI is InChI=1S/C5H10N2S2.K/c8-5(9)6-7-3-1-2-4-7;/h1-4H2,(H2,6,8,9);. The van der Waals surface area contributed by atoms with Crippen LogP contribution in [0, 0.1) is 0 Å². The van der Waals surface area contributed by atoms with Crippen molar-refractivity contribution in [3.8, 4) is 0 Å². The molecule has 0 aliphatic carbocycles. The minimum Gasteiger partial charge on any atom is -0.304 e. The zero-order valence-electron chi connectivity index (χ0n) is 6.13. The van der Waals surface area contributed by atoms with Crippen LogP contribution in [0.5, 0.6) is 0 Å². The van der Waals surface area contributed by atoms with Gasteiger partial charge < -0.3 is 5.43 Å². The van der Waals surface area contributed by atoms with Crippen molar-refractivity contribution < 1.29 is 0 Å². The summed E-state index contributed by atoms with van der Waals surface area (Å²) in [5.74, 6) is 0. The maximum atomic E-state index is 4.74. The first-order valence-corrected chi connectivity index (χ1v) is 3.89. The molecular weight excluding hydrogens is 191 g/mol. The molecule has 0 aromatic rings. The van der Waals surface area contributed by atoms with Crippen LogP contribution in [0.4, 0.5) is 0 Å². The summed E-state index contributed by atoms with van der Waals surface area (Å²) in [6, 6.07) is 0. The van der Waals surface area contributed by atoms with Crippen molar-refractivity contribution in [3.63, 3.8) is 0 Å². The van der Waals surface area contributed by atoms with Gasteiger partial charge in [0.25, 0.3) is 0 Å². The predicted octanol–water partition coefficient (Wildman–Crippen LogP) is 0.421. The Hall–Kier alpha value is 1.84. The number of nitrogens with zero attached hydrogens (tertiary/aromatic N) is 1. The van der Waals surface area contributed by atoms with Gasteiger partial charge in [-0.25, -0.2) is 5.01 Å². The molecule has 0 bridgehead atoms. The molecule has 53 valence electrons. The normalized spacial score (nSPS) is 18.1. The fraction of sp³-hybridized carbons (Fsp3) is 0.800. The van der Waals surface area contributed by atoms with E-state index in [0.29, 0.717) is 4.32 Å². The van der Waals surface area contributed by atoms with Crippen molar-refractivity contribution in [3.05, 3.63) is 0 Å². The summed E-state index contributed by atoms with van der Waals surface area (Å²) in [5.41, 5.74) is 2.97. The Morgan fingerprint density at radius 3 is 2.30 bits per heavy atom. The maximum absolute atomic E-state index is 4.74. The third-order valence-corrected chi connectivity index (χ3v) is 1.55. The Labute approximate surface area is 115 Å². The van der Waals surface area contributed by atoms with Crippen LogP contribution in [0.2, 0.25) is 0 Å². The smallest absolute Gasteiger partial charge is 0.145 e. The van der Waals surface area contributed by atoms with Crippen LogP contribution in [-0.4, -0.2) is 73.8 Å². The predicted molar refractivity (Wildman–Crippen MR) is 51.3 cm³/mol. The van der Waals surface area contributed by atoms with Crippen LogP contribution in [0.15, 0.2) is 0 Å². The summed E-state index contributed by atoms with van der Waals surface area (Å²) >= 11 is 8.70. The van der Waals surface area contributed by atoms with Gasteiger partial charge in [0, 0.05) is 64.5 Å². The second-order valence-corrected chi connectivity index (χ2v) is 3.27. The van der Waals surface area contributed by atoms with E-state index in [1.807, 2.05) is 0 Å². The topological polar surface area (TPSA) is 15.3 Å². The monoisotopic (exact) mass is 201 g/mol. The molecule has 1 radical (unpaired) electrons. The number of hydrogen-bond acceptors (Lipinski definition) is 2. The number of hydrazine groups is 1. The summed E-state index contributed by atoms with van der Waals surface area (Å²) in [4.78, 5) is 0. The van der Waals surface area contributed by atoms with E-state index >= 15 is 0 Å². The minimum atomic E-state index is 0. The molecule has 1 aliphatic heterocycles. The largest absolute Gasteiger partial charge is 0.304 e. The molecule has 0 amide bonds. The van der Waals surface area contributed by atoms with E-state index in [2.05, 4.69) is 23.1 Å². The van der Waals surface area contributed by atoms with Gasteiger partial charge in [-0.3, -0.25) is 0 Å². The Kier molecular flexibility index (Phi) is 7.53. The molecule has 1 saturated heterocycles. The van der Waals surface area contributed by atoms with Crippen LogP contribution >= 0.6 is 24.8 Å². The first-order chi connectivity index (χ1) is 4.29. The van der Waals surface area contributed by atoms with E-state index in [1.165, 1.54) is 12.8 Å². The van der Waals surface area contributed by atoms with E-state index in [0.717, 1.165) is 13.1 Å². The molecule has 0 aromatic carbocycles. The first-order valence-electron chi connectivity index (χ1n) is 3.03. The van der Waals surface area contributed by atoms with Crippen LogP contribution in [-0.2, 0) is 0 Å². The van der Waals surface area contributed by atoms with Gasteiger partial charge in [-0.05, 0) is 12.8 Å². The number of rotatable bonds is 1. The molecule has 0 aromatic heterocycles. The van der Waals surface area contributed by atoms with Crippen LogP contribution in [0.3, 0.4) is 0 Å². The third kappa shape index (κ3) is 4.66. The molecular formula is C5H10KN2S2. The minimum absolute atomic E-state index is 0. The molecule has 10 heavy (non-hydrogen) atoms. The maximum Gasteiger partial charge on any atom is 0.145 e. The number of thiocarbonyl (C=S) groups is 1. The van der Waals surface area contributed by atoms with Crippen molar-refractivity contribution in [2.75, 3.05) is 13.1 Å². The van der Waals surface area contributed by atoms with Gasteiger partial charge >= 0.3 is 0 Å². The zero-order chi connectivity index (χ0) is 6.69. The third-order valence-electron chi connectivity index (χ3n) is 1.36. The van der Waals surface area contributed by atoms with E-state index in [-0.39, 0.29) is 51.4 Å². The van der Waals surface area contributed by atoms with Gasteiger partial charge in [0.1, 0.15) is 4.32 Å². The Morgan fingerprint density at radius 1 is 1.40 bits per heavy atom. The average molecular weight is 201 g/mol. The fourth-order valence-electron chi connectivity index (χ4n) is 0.964. The second kappa shape index (κ2) is 6.36. The summed E-state index contributed by atoms with van der Waals surface area (Å²) in [6.07, 6.45) is 2.53. The van der Waals surface area contributed by atoms with Crippen molar-refractivity contribution in [1.29, 1.82) is 0 Å². The van der Waals surface area contributed by atoms with E-state index in [1.54, 1.807) is 0 Å². The van der Waals surface area contributed by atoms with Gasteiger partial charge in [-0.1, -0.05) is 12.2 Å². The quantitative estimate of drug-likeness (QED) is 0.363. The van der Waals surface area contributed by atoms with E-state index < -0.39 is 0 Å². The van der Waals surface area contributed by atoms with Gasteiger partial charge in [0.15, 0.2) is 0 Å². The summed E-state index contributed by atoms with van der Waals surface area (Å²) in [7, 11) is 0. The number of thiol groups is 1. The number of hydrogen-bond donors (Lipinski definition) is 2. The summed E-state index contributed by atoms with van der Waals surface area (Å²) in [6.45, 7) is 2.20. The molecule has 1 heterocycles. The SMILES string of the molecule is S=C(S)NN1CCCC1.[K]. The molecule has 1 fully saturated rings. The van der Waals surface area contributed by atoms with Crippen molar-refractivity contribution in [1.82, 2.24) is 10.4 Å². The van der Waals surface area contributed by atoms with Crippen LogP contribution < -0.4 is 5.43 Å². The molecule has 2 nitrogen and oxygen atoms in total. The van der Waals surface area contributed by atoms with Gasteiger partial charge in [0.05, 0.1) is 0 Å². The van der Waals surface area contributed by atoms with Crippen molar-refractivity contribution >= 4 is 80.6 Å². The van der Waals surface area contributed by atoms with Gasteiger partial charge in [-0.2, -0.15) is 0 Å². The summed E-state index contributed by atoms with van der Waals surface area (Å²) in [5, 5.41) is 2.09. The fourth-order valence-corrected chi connectivity index (χ4v) is 1.23. The second-order valence-electron chi connectivity index (χ2n) is 2.11. The van der Waals surface area contributed by atoms with Gasteiger partial charge in [0.2, 0.25) is 0 Å².